The Balaban J connectivity index is 1.73. The van der Waals surface area contributed by atoms with Gasteiger partial charge in [0.15, 0.2) is 29.0 Å². The van der Waals surface area contributed by atoms with Crippen molar-refractivity contribution < 1.29 is 44.7 Å². The molecule has 1 amide bonds. The molecule has 0 aliphatic rings. The van der Waals surface area contributed by atoms with E-state index in [1.807, 2.05) is 32.9 Å². The average Bonchev–Trinajstić information content (AvgIpc) is 3.22. The van der Waals surface area contributed by atoms with Crippen LogP contribution in [0.1, 0.15) is 48.2 Å². The second kappa shape index (κ2) is 9.03. The molecule has 0 radical (unpaired) electrons. The van der Waals surface area contributed by atoms with E-state index in [1.165, 1.54) is 11.4 Å². The van der Waals surface area contributed by atoms with E-state index in [2.05, 4.69) is 0 Å². The molecule has 4 nitrogen and oxygen atoms in total. The molecular weight excluding hydrogens is 471 g/mol. The third kappa shape index (κ3) is 5.18. The zero-order chi connectivity index (χ0) is 25.4. The summed E-state index contributed by atoms with van der Waals surface area (Å²) in [6.45, 7) is 6.00. The van der Waals surface area contributed by atoms with Gasteiger partial charge in [-0.15, -0.1) is 0 Å². The Labute approximate surface area is 189 Å². The normalized spacial score (nSPS) is 12.1. The first kappa shape index (κ1) is 25.1. The fraction of sp³-hybridized carbons (Fsp3) is 0.261. The van der Waals surface area contributed by atoms with Gasteiger partial charge in [0.1, 0.15) is 29.4 Å². The van der Waals surface area contributed by atoms with Crippen molar-refractivity contribution in [1.29, 1.82) is 0 Å². The van der Waals surface area contributed by atoms with Crippen molar-refractivity contribution in [2.45, 2.75) is 39.0 Å². The highest BCUT2D eigenvalue weighted by molar-refractivity contribution is 6.02. The molecule has 11 heteroatoms. The number of carbonyl (C=O) groups is 1. The number of benzene rings is 2. The first-order valence-corrected chi connectivity index (χ1v) is 9.76. The molecule has 1 aromatic heterocycles. The highest BCUT2D eigenvalue weighted by atomic mass is 19.4. The molecule has 0 saturated carbocycles. The number of hydrogen-bond donors (Lipinski definition) is 1. The lowest BCUT2D eigenvalue weighted by Gasteiger charge is -2.19. The lowest BCUT2D eigenvalue weighted by molar-refractivity contribution is -0.143. The predicted molar refractivity (Wildman–Crippen MR) is 107 cm³/mol. The van der Waals surface area contributed by atoms with Crippen LogP contribution >= 0.6 is 0 Å². The molecule has 1 heterocycles. The van der Waals surface area contributed by atoms with Crippen molar-refractivity contribution in [3.63, 3.8) is 0 Å². The molecule has 0 saturated heterocycles. The molecule has 0 aliphatic carbocycles. The number of furan rings is 1. The monoisotopic (exact) mass is 489 g/mol. The van der Waals surface area contributed by atoms with Crippen molar-refractivity contribution in [3.8, 4) is 5.75 Å². The van der Waals surface area contributed by atoms with Gasteiger partial charge in [-0.1, -0.05) is 32.9 Å². The summed E-state index contributed by atoms with van der Waals surface area (Å²) in [6, 6.07) is 9.61. The standard InChI is InChI=1S/C23H18F7NO3/c1-22(2,3)11-4-6-12(7-5-11)33-10-13-8-9-14(34-13)21(32)31-20-18(26)16(24)15(23(28,29)30)17(25)19(20)27/h4-9H,10H2,1-3H3,(H,31,32). The minimum atomic E-state index is -5.69. The van der Waals surface area contributed by atoms with Gasteiger partial charge >= 0.3 is 6.18 Å². The lowest BCUT2D eigenvalue weighted by atomic mass is 9.87. The number of hydrogen-bond acceptors (Lipinski definition) is 3. The van der Waals surface area contributed by atoms with Crippen LogP contribution in [0.3, 0.4) is 0 Å². The van der Waals surface area contributed by atoms with Crippen LogP contribution in [0.4, 0.5) is 36.4 Å². The maximum atomic E-state index is 14.0. The molecule has 3 rings (SSSR count). The molecule has 0 atom stereocenters. The van der Waals surface area contributed by atoms with Crippen molar-refractivity contribution in [1.82, 2.24) is 0 Å². The first-order chi connectivity index (χ1) is 15.7. The Morgan fingerprint density at radius 2 is 1.44 bits per heavy atom. The number of ether oxygens (including phenoxy) is 1. The number of rotatable bonds is 5. The van der Waals surface area contributed by atoms with Crippen LogP contribution in [-0.2, 0) is 18.2 Å². The van der Waals surface area contributed by atoms with E-state index in [0.29, 0.717) is 5.75 Å². The third-order valence-electron chi connectivity index (χ3n) is 4.77. The van der Waals surface area contributed by atoms with Gasteiger partial charge in [0.25, 0.3) is 5.91 Å². The number of halogens is 7. The van der Waals surface area contributed by atoms with Crippen molar-refractivity contribution in [2.75, 3.05) is 5.32 Å². The summed E-state index contributed by atoms with van der Waals surface area (Å²) in [6.07, 6.45) is -5.69. The molecule has 34 heavy (non-hydrogen) atoms. The highest BCUT2D eigenvalue weighted by Gasteiger charge is 2.42. The SMILES string of the molecule is CC(C)(C)c1ccc(OCc2ccc(C(=O)Nc3c(F)c(F)c(C(F)(F)F)c(F)c3F)o2)cc1. The van der Waals surface area contributed by atoms with Gasteiger partial charge in [0, 0.05) is 0 Å². The van der Waals surface area contributed by atoms with Gasteiger partial charge in [-0.25, -0.2) is 17.6 Å². The molecular formula is C23H18F7NO3. The van der Waals surface area contributed by atoms with Crippen molar-refractivity contribution >= 4 is 11.6 Å². The van der Waals surface area contributed by atoms with Crippen LogP contribution in [0.15, 0.2) is 40.8 Å². The van der Waals surface area contributed by atoms with E-state index < -0.39 is 52.4 Å². The van der Waals surface area contributed by atoms with E-state index in [1.54, 1.807) is 12.1 Å². The highest BCUT2D eigenvalue weighted by Crippen LogP contribution is 2.38. The summed E-state index contributed by atoms with van der Waals surface area (Å²) in [4.78, 5) is 12.2. The Bertz CT molecular complexity index is 1180. The van der Waals surface area contributed by atoms with Gasteiger partial charge in [0.2, 0.25) is 0 Å². The minimum Gasteiger partial charge on any atom is -0.486 e. The fourth-order valence-corrected chi connectivity index (χ4v) is 2.95. The summed E-state index contributed by atoms with van der Waals surface area (Å²) < 4.78 is 104. The molecule has 182 valence electrons. The van der Waals surface area contributed by atoms with Crippen LogP contribution in [0, 0.1) is 23.3 Å². The van der Waals surface area contributed by atoms with E-state index in [-0.39, 0.29) is 17.8 Å². The molecule has 0 aliphatic heterocycles. The minimum absolute atomic E-state index is 0.0559. The van der Waals surface area contributed by atoms with E-state index in [4.69, 9.17) is 9.15 Å². The zero-order valence-corrected chi connectivity index (χ0v) is 18.0. The molecule has 0 unspecified atom stereocenters. The summed E-state index contributed by atoms with van der Waals surface area (Å²) in [5.74, 6) is -11.5. The maximum absolute atomic E-state index is 14.0. The van der Waals surface area contributed by atoms with Gasteiger partial charge < -0.3 is 14.5 Å². The molecule has 2 aromatic carbocycles. The Kier molecular flexibility index (Phi) is 6.68. The second-order valence-corrected chi connectivity index (χ2v) is 8.29. The van der Waals surface area contributed by atoms with Crippen LogP contribution in [0.25, 0.3) is 0 Å². The van der Waals surface area contributed by atoms with Crippen LogP contribution in [-0.4, -0.2) is 5.91 Å². The second-order valence-electron chi connectivity index (χ2n) is 8.29. The van der Waals surface area contributed by atoms with Gasteiger partial charge in [-0.3, -0.25) is 4.79 Å². The number of nitrogens with one attached hydrogen (secondary N) is 1. The largest absolute Gasteiger partial charge is 0.486 e. The average molecular weight is 489 g/mol. The summed E-state index contributed by atoms with van der Waals surface area (Å²) in [7, 11) is 0. The van der Waals surface area contributed by atoms with Gasteiger partial charge in [0.05, 0.1) is 0 Å². The number of alkyl halides is 3. The quantitative estimate of drug-likeness (QED) is 0.311. The summed E-state index contributed by atoms with van der Waals surface area (Å²) in [5.41, 5.74) is -3.44. The Hall–Kier alpha value is -3.50. The topological polar surface area (TPSA) is 51.5 Å². The molecule has 0 spiro atoms. The third-order valence-corrected chi connectivity index (χ3v) is 4.77. The number of anilines is 1. The van der Waals surface area contributed by atoms with Crippen LogP contribution in [0.5, 0.6) is 5.75 Å². The maximum Gasteiger partial charge on any atom is 0.422 e. The summed E-state index contributed by atoms with van der Waals surface area (Å²) in [5, 5.41) is 1.49. The summed E-state index contributed by atoms with van der Waals surface area (Å²) >= 11 is 0. The van der Waals surface area contributed by atoms with Crippen LogP contribution in [0.2, 0.25) is 0 Å². The Morgan fingerprint density at radius 3 is 1.94 bits per heavy atom. The smallest absolute Gasteiger partial charge is 0.422 e. The molecule has 0 bridgehead atoms. The van der Waals surface area contributed by atoms with Gasteiger partial charge in [-0.05, 0) is 35.2 Å². The zero-order valence-electron chi connectivity index (χ0n) is 18.0. The van der Waals surface area contributed by atoms with Crippen molar-refractivity contribution in [3.05, 3.63) is 82.3 Å². The fourth-order valence-electron chi connectivity index (χ4n) is 2.95. The van der Waals surface area contributed by atoms with Crippen LogP contribution < -0.4 is 10.1 Å². The predicted octanol–water partition coefficient (Wildman–Crippen LogP) is 6.98. The van der Waals surface area contributed by atoms with Gasteiger partial charge in [-0.2, -0.15) is 13.2 Å². The molecule has 0 fully saturated rings. The number of amides is 1. The van der Waals surface area contributed by atoms with E-state index in [9.17, 15) is 35.5 Å². The van der Waals surface area contributed by atoms with Crippen molar-refractivity contribution in [2.24, 2.45) is 0 Å². The lowest BCUT2D eigenvalue weighted by Crippen LogP contribution is -2.20. The first-order valence-electron chi connectivity index (χ1n) is 9.76. The Morgan fingerprint density at radius 1 is 0.882 bits per heavy atom. The van der Waals surface area contributed by atoms with E-state index >= 15 is 0 Å². The molecule has 1 N–H and O–H groups in total. The van der Waals surface area contributed by atoms with E-state index in [0.717, 1.165) is 11.6 Å². The molecule has 3 aromatic rings. The number of carbonyl (C=O) groups excluding carboxylic acids is 1.